The molecule has 0 saturated carbocycles. The molecule has 0 N–H and O–H groups in total. The fourth-order valence-corrected chi connectivity index (χ4v) is 3.77. The quantitative estimate of drug-likeness (QED) is 0.428. The Kier molecular flexibility index (Phi) is 7.63. The van der Waals surface area contributed by atoms with Gasteiger partial charge in [0.05, 0.1) is 19.7 Å². The topological polar surface area (TPSA) is 49.9 Å². The number of nitrogens with zero attached hydrogens (tertiary/aromatic N) is 2. The predicted octanol–water partition coefficient (Wildman–Crippen LogP) is 2.53. The predicted molar refractivity (Wildman–Crippen MR) is 110 cm³/mol. The molecule has 0 aromatic heterocycles. The third-order valence-electron chi connectivity index (χ3n) is 4.47. The maximum Gasteiger partial charge on any atom is 0.325 e. The summed E-state index contributed by atoms with van der Waals surface area (Å²) in [5, 5.41) is 0. The number of benzene rings is 1. The first kappa shape index (κ1) is 21.2. The van der Waals surface area contributed by atoms with Crippen LogP contribution in [-0.4, -0.2) is 62.5 Å². The number of likely N-dealkylation sites (tertiary alicyclic amines) is 1. The van der Waals surface area contributed by atoms with E-state index in [9.17, 15) is 9.59 Å². The van der Waals surface area contributed by atoms with E-state index in [1.54, 1.807) is 4.90 Å². The Morgan fingerprint density at radius 2 is 1.96 bits per heavy atom. The zero-order chi connectivity index (χ0) is 19.9. The number of carbonyl (C=O) groups excluding carboxylic acids is 2. The van der Waals surface area contributed by atoms with Crippen LogP contribution in [0.15, 0.2) is 30.3 Å². The molecule has 27 heavy (non-hydrogen) atoms. The highest BCUT2D eigenvalue weighted by Crippen LogP contribution is 2.22. The second-order valence-corrected chi connectivity index (χ2v) is 12.7. The summed E-state index contributed by atoms with van der Waals surface area (Å²) in [7, 11) is -0.185. The van der Waals surface area contributed by atoms with Crippen LogP contribution >= 0.6 is 0 Å². The second-order valence-electron chi connectivity index (χ2n) is 7.94. The summed E-state index contributed by atoms with van der Waals surface area (Å²) in [6, 6.07) is 9.96. The Hall–Kier alpha value is -2.10. The van der Waals surface area contributed by atoms with Crippen molar-refractivity contribution in [2.24, 2.45) is 0 Å². The SMILES string of the molecule is COC(=O)CN(CC#C[Si](C)(C)C)C(=O)C1CCCN1Cc1ccccc1. The van der Waals surface area contributed by atoms with Crippen molar-refractivity contribution in [3.05, 3.63) is 35.9 Å². The van der Waals surface area contributed by atoms with Crippen molar-refractivity contribution in [1.29, 1.82) is 0 Å². The van der Waals surface area contributed by atoms with Gasteiger partial charge in [-0.15, -0.1) is 5.54 Å². The molecule has 146 valence electrons. The first-order valence-electron chi connectivity index (χ1n) is 9.44. The van der Waals surface area contributed by atoms with E-state index < -0.39 is 14.0 Å². The number of esters is 1. The van der Waals surface area contributed by atoms with Gasteiger partial charge in [0.25, 0.3) is 0 Å². The average molecular weight is 387 g/mol. The van der Waals surface area contributed by atoms with Gasteiger partial charge < -0.3 is 9.64 Å². The van der Waals surface area contributed by atoms with Gasteiger partial charge in [0.1, 0.15) is 14.6 Å². The Morgan fingerprint density at radius 3 is 2.59 bits per heavy atom. The molecule has 1 amide bonds. The minimum absolute atomic E-state index is 0.0290. The van der Waals surface area contributed by atoms with E-state index >= 15 is 0 Å². The minimum atomic E-state index is -1.53. The number of amides is 1. The normalized spacial score (nSPS) is 17.1. The fraction of sp³-hybridized carbons (Fsp3) is 0.524. The van der Waals surface area contributed by atoms with Gasteiger partial charge in [0, 0.05) is 6.54 Å². The van der Waals surface area contributed by atoms with Crippen LogP contribution in [0.25, 0.3) is 0 Å². The van der Waals surface area contributed by atoms with Gasteiger partial charge in [-0.2, -0.15) is 0 Å². The molecule has 1 unspecified atom stereocenters. The monoisotopic (exact) mass is 386 g/mol. The highest BCUT2D eigenvalue weighted by Gasteiger charge is 2.34. The van der Waals surface area contributed by atoms with Gasteiger partial charge >= 0.3 is 5.97 Å². The number of hydrogen-bond acceptors (Lipinski definition) is 4. The standard InChI is InChI=1S/C21H30N2O3Si/c1-26-20(24)17-23(14-9-15-27(2,3)4)21(25)19-12-8-13-22(19)16-18-10-6-5-7-11-18/h5-7,10-11,19H,8,12-14,16-17H2,1-4H3. The molecule has 1 atom stereocenters. The van der Waals surface area contributed by atoms with E-state index in [-0.39, 0.29) is 25.0 Å². The maximum atomic E-state index is 13.2. The summed E-state index contributed by atoms with van der Waals surface area (Å²) in [5.74, 6) is 2.67. The Labute approximate surface area is 163 Å². The minimum Gasteiger partial charge on any atom is -0.468 e. The summed E-state index contributed by atoms with van der Waals surface area (Å²) in [5.41, 5.74) is 4.46. The van der Waals surface area contributed by atoms with Crippen molar-refractivity contribution in [2.75, 3.05) is 26.7 Å². The van der Waals surface area contributed by atoms with Crippen LogP contribution in [0.4, 0.5) is 0 Å². The highest BCUT2D eigenvalue weighted by molar-refractivity contribution is 6.83. The molecule has 5 nitrogen and oxygen atoms in total. The average Bonchev–Trinajstić information content (AvgIpc) is 3.08. The number of rotatable bonds is 6. The summed E-state index contributed by atoms with van der Waals surface area (Å²) in [4.78, 5) is 28.7. The second kappa shape index (κ2) is 9.72. The molecule has 0 radical (unpaired) electrons. The van der Waals surface area contributed by atoms with Crippen LogP contribution in [0, 0.1) is 11.5 Å². The van der Waals surface area contributed by atoms with Gasteiger partial charge in [-0.25, -0.2) is 0 Å². The first-order chi connectivity index (χ1) is 12.8. The van der Waals surface area contributed by atoms with Crippen LogP contribution in [0.3, 0.4) is 0 Å². The fourth-order valence-electron chi connectivity index (χ4n) is 3.16. The molecule has 0 spiro atoms. The van der Waals surface area contributed by atoms with Crippen molar-refractivity contribution in [2.45, 2.75) is 45.1 Å². The zero-order valence-corrected chi connectivity index (χ0v) is 17.8. The molecule has 1 aromatic carbocycles. The van der Waals surface area contributed by atoms with E-state index in [2.05, 4.69) is 48.1 Å². The van der Waals surface area contributed by atoms with E-state index in [4.69, 9.17) is 4.74 Å². The smallest absolute Gasteiger partial charge is 0.325 e. The van der Waals surface area contributed by atoms with Crippen LogP contribution in [-0.2, 0) is 20.9 Å². The third-order valence-corrected chi connectivity index (χ3v) is 5.40. The maximum absolute atomic E-state index is 13.2. The summed E-state index contributed by atoms with van der Waals surface area (Å²) in [6.07, 6.45) is 1.79. The van der Waals surface area contributed by atoms with Crippen LogP contribution in [0.1, 0.15) is 18.4 Å². The lowest BCUT2D eigenvalue weighted by Gasteiger charge is -2.28. The van der Waals surface area contributed by atoms with E-state index in [0.717, 1.165) is 25.9 Å². The first-order valence-corrected chi connectivity index (χ1v) is 12.9. The van der Waals surface area contributed by atoms with Gasteiger partial charge in [0.15, 0.2) is 0 Å². The molecule has 1 fully saturated rings. The van der Waals surface area contributed by atoms with Crippen LogP contribution < -0.4 is 0 Å². The summed E-state index contributed by atoms with van der Waals surface area (Å²) >= 11 is 0. The lowest BCUT2D eigenvalue weighted by atomic mass is 10.1. The molecule has 1 aromatic rings. The van der Waals surface area contributed by atoms with Gasteiger partial charge in [-0.3, -0.25) is 14.5 Å². The van der Waals surface area contributed by atoms with Crippen LogP contribution in [0.5, 0.6) is 0 Å². The molecule has 6 heteroatoms. The highest BCUT2D eigenvalue weighted by atomic mass is 28.3. The number of carbonyl (C=O) groups is 2. The number of methoxy groups -OCH3 is 1. The van der Waals surface area contributed by atoms with Gasteiger partial charge in [-0.05, 0) is 24.9 Å². The lowest BCUT2D eigenvalue weighted by Crippen LogP contribution is -2.47. The van der Waals surface area contributed by atoms with Crippen molar-refractivity contribution >= 4 is 20.0 Å². The summed E-state index contributed by atoms with van der Waals surface area (Å²) < 4.78 is 4.78. The Morgan fingerprint density at radius 1 is 1.26 bits per heavy atom. The molecule has 1 heterocycles. The van der Waals surface area contributed by atoms with Crippen molar-refractivity contribution in [3.8, 4) is 11.5 Å². The molecule has 0 aliphatic carbocycles. The molecule has 2 rings (SSSR count). The van der Waals surface area contributed by atoms with E-state index in [1.807, 2.05) is 18.2 Å². The van der Waals surface area contributed by atoms with Crippen molar-refractivity contribution < 1.29 is 14.3 Å². The van der Waals surface area contributed by atoms with E-state index in [1.165, 1.54) is 12.7 Å². The number of hydrogen-bond donors (Lipinski definition) is 0. The molecule has 1 aliphatic heterocycles. The molecular weight excluding hydrogens is 356 g/mol. The van der Waals surface area contributed by atoms with Crippen molar-refractivity contribution in [1.82, 2.24) is 9.80 Å². The van der Waals surface area contributed by atoms with E-state index in [0.29, 0.717) is 0 Å². The largest absolute Gasteiger partial charge is 0.468 e. The molecule has 1 saturated heterocycles. The third kappa shape index (κ3) is 6.85. The molecule has 1 aliphatic rings. The van der Waals surface area contributed by atoms with Gasteiger partial charge in [-0.1, -0.05) is 55.9 Å². The Bertz CT molecular complexity index is 704. The summed E-state index contributed by atoms with van der Waals surface area (Å²) in [6.45, 7) is 8.32. The number of ether oxygens (including phenoxy) is 1. The molecule has 0 bridgehead atoms. The van der Waals surface area contributed by atoms with Gasteiger partial charge in [0.2, 0.25) is 5.91 Å². The van der Waals surface area contributed by atoms with Crippen LogP contribution in [0.2, 0.25) is 19.6 Å². The lowest BCUT2D eigenvalue weighted by molar-refractivity contribution is -0.148. The van der Waals surface area contributed by atoms with Crippen molar-refractivity contribution in [3.63, 3.8) is 0 Å². The molecular formula is C21H30N2O3Si. The zero-order valence-electron chi connectivity index (χ0n) is 16.8. The Balaban J connectivity index is 2.11.